The van der Waals surface area contributed by atoms with Crippen molar-refractivity contribution in [2.75, 3.05) is 7.05 Å². The predicted octanol–water partition coefficient (Wildman–Crippen LogP) is 0.542. The number of nitrogens with one attached hydrogen (secondary N) is 1. The van der Waals surface area contributed by atoms with E-state index in [4.69, 9.17) is 5.73 Å². The van der Waals surface area contributed by atoms with E-state index in [0.29, 0.717) is 0 Å². The van der Waals surface area contributed by atoms with E-state index in [1.54, 1.807) is 18.2 Å². The van der Waals surface area contributed by atoms with E-state index in [1.165, 1.54) is 7.05 Å². The Labute approximate surface area is 89.5 Å². The van der Waals surface area contributed by atoms with E-state index < -0.39 is 10.0 Å². The SMILES string of the molecule is CNS(=O)(=O)c1cccc(C2(N)CC2)c1. The highest BCUT2D eigenvalue weighted by molar-refractivity contribution is 7.89. The number of sulfonamides is 1. The summed E-state index contributed by atoms with van der Waals surface area (Å²) in [5.74, 6) is 0. The topological polar surface area (TPSA) is 72.2 Å². The molecule has 0 radical (unpaired) electrons. The molecule has 2 rings (SSSR count). The largest absolute Gasteiger partial charge is 0.321 e. The van der Waals surface area contributed by atoms with Crippen LogP contribution in [0.1, 0.15) is 18.4 Å². The minimum atomic E-state index is -3.36. The van der Waals surface area contributed by atoms with Crippen LogP contribution in [-0.2, 0) is 15.6 Å². The van der Waals surface area contributed by atoms with Crippen LogP contribution in [0.4, 0.5) is 0 Å². The molecule has 1 aromatic carbocycles. The van der Waals surface area contributed by atoms with Gasteiger partial charge in [0.15, 0.2) is 0 Å². The summed E-state index contributed by atoms with van der Waals surface area (Å²) < 4.78 is 25.4. The van der Waals surface area contributed by atoms with Crippen molar-refractivity contribution in [3.8, 4) is 0 Å². The summed E-state index contributed by atoms with van der Waals surface area (Å²) in [4.78, 5) is 0.277. The van der Waals surface area contributed by atoms with Gasteiger partial charge in [-0.1, -0.05) is 12.1 Å². The molecule has 0 unspecified atom stereocenters. The molecule has 3 N–H and O–H groups in total. The predicted molar refractivity (Wildman–Crippen MR) is 57.8 cm³/mol. The minimum absolute atomic E-state index is 0.277. The first-order chi connectivity index (χ1) is 6.98. The number of hydrogen-bond donors (Lipinski definition) is 2. The summed E-state index contributed by atoms with van der Waals surface area (Å²) in [7, 11) is -1.96. The Kier molecular flexibility index (Phi) is 2.33. The highest BCUT2D eigenvalue weighted by Gasteiger charge is 2.40. The van der Waals surface area contributed by atoms with E-state index in [1.807, 2.05) is 6.07 Å². The van der Waals surface area contributed by atoms with Crippen LogP contribution in [0.15, 0.2) is 29.2 Å². The number of nitrogens with two attached hydrogens (primary N) is 1. The van der Waals surface area contributed by atoms with Gasteiger partial charge in [-0.2, -0.15) is 0 Å². The molecule has 1 aliphatic rings. The summed E-state index contributed by atoms with van der Waals surface area (Å²) >= 11 is 0. The Bertz CT molecular complexity index is 478. The minimum Gasteiger partial charge on any atom is -0.321 e. The van der Waals surface area contributed by atoms with Gasteiger partial charge in [0.05, 0.1) is 4.90 Å². The summed E-state index contributed by atoms with van der Waals surface area (Å²) in [5, 5.41) is 0. The second-order valence-electron chi connectivity index (χ2n) is 3.89. The van der Waals surface area contributed by atoms with Crippen LogP contribution in [-0.4, -0.2) is 15.5 Å². The lowest BCUT2D eigenvalue weighted by atomic mass is 10.1. The Morgan fingerprint density at radius 2 is 2.07 bits per heavy atom. The van der Waals surface area contributed by atoms with Crippen LogP contribution in [0.25, 0.3) is 0 Å². The number of hydrogen-bond acceptors (Lipinski definition) is 3. The van der Waals surface area contributed by atoms with Crippen molar-refractivity contribution >= 4 is 10.0 Å². The second kappa shape index (κ2) is 3.30. The normalized spacial score (nSPS) is 18.8. The van der Waals surface area contributed by atoms with Gasteiger partial charge in [0.2, 0.25) is 10.0 Å². The summed E-state index contributed by atoms with van der Waals surface area (Å²) in [6.07, 6.45) is 1.85. The van der Waals surface area contributed by atoms with Crippen molar-refractivity contribution in [2.24, 2.45) is 5.73 Å². The van der Waals surface area contributed by atoms with Crippen LogP contribution in [0, 0.1) is 0 Å². The lowest BCUT2D eigenvalue weighted by molar-refractivity contribution is 0.588. The molecular formula is C10H14N2O2S. The third-order valence-electron chi connectivity index (χ3n) is 2.78. The molecule has 1 aliphatic carbocycles. The fourth-order valence-electron chi connectivity index (χ4n) is 1.51. The molecule has 0 bridgehead atoms. The van der Waals surface area contributed by atoms with Gasteiger partial charge in [-0.3, -0.25) is 0 Å². The first-order valence-electron chi connectivity index (χ1n) is 4.81. The zero-order valence-corrected chi connectivity index (χ0v) is 9.34. The Morgan fingerprint density at radius 3 is 2.60 bits per heavy atom. The van der Waals surface area contributed by atoms with Gasteiger partial charge in [-0.15, -0.1) is 0 Å². The molecule has 0 saturated heterocycles. The fraction of sp³-hybridized carbons (Fsp3) is 0.400. The molecule has 5 heteroatoms. The third-order valence-corrected chi connectivity index (χ3v) is 4.19. The highest BCUT2D eigenvalue weighted by atomic mass is 32.2. The van der Waals surface area contributed by atoms with Crippen molar-refractivity contribution in [3.63, 3.8) is 0 Å². The summed E-state index contributed by atoms with van der Waals surface area (Å²) in [5.41, 5.74) is 6.62. The van der Waals surface area contributed by atoms with Gasteiger partial charge in [0, 0.05) is 5.54 Å². The van der Waals surface area contributed by atoms with E-state index >= 15 is 0 Å². The average Bonchev–Trinajstić information content (AvgIpc) is 2.98. The van der Waals surface area contributed by atoms with E-state index in [2.05, 4.69) is 4.72 Å². The molecule has 1 aromatic rings. The zero-order chi connectivity index (χ0) is 11.1. The molecule has 4 nitrogen and oxygen atoms in total. The van der Waals surface area contributed by atoms with Gasteiger partial charge < -0.3 is 5.73 Å². The quantitative estimate of drug-likeness (QED) is 0.790. The van der Waals surface area contributed by atoms with E-state index in [9.17, 15) is 8.42 Å². The summed E-state index contributed by atoms with van der Waals surface area (Å²) in [6, 6.07) is 6.83. The standard InChI is InChI=1S/C10H14N2O2S/c1-12-15(13,14)9-4-2-3-8(7-9)10(11)5-6-10/h2-4,7,12H,5-6,11H2,1H3. The van der Waals surface area contributed by atoms with E-state index in [0.717, 1.165) is 18.4 Å². The Hall–Kier alpha value is -0.910. The Morgan fingerprint density at radius 1 is 1.40 bits per heavy atom. The molecule has 0 heterocycles. The average molecular weight is 226 g/mol. The van der Waals surface area contributed by atoms with Gasteiger partial charge in [-0.25, -0.2) is 13.1 Å². The van der Waals surface area contributed by atoms with Crippen LogP contribution < -0.4 is 10.5 Å². The molecule has 82 valence electrons. The maximum Gasteiger partial charge on any atom is 0.240 e. The third kappa shape index (κ3) is 1.90. The molecule has 0 spiro atoms. The van der Waals surface area contributed by atoms with Gasteiger partial charge >= 0.3 is 0 Å². The highest BCUT2D eigenvalue weighted by Crippen LogP contribution is 2.42. The number of benzene rings is 1. The Balaban J connectivity index is 2.44. The molecule has 0 amide bonds. The molecule has 1 fully saturated rings. The lowest BCUT2D eigenvalue weighted by Gasteiger charge is -2.10. The monoisotopic (exact) mass is 226 g/mol. The molecule has 15 heavy (non-hydrogen) atoms. The van der Waals surface area contributed by atoms with Crippen molar-refractivity contribution in [1.29, 1.82) is 0 Å². The molecular weight excluding hydrogens is 212 g/mol. The summed E-state index contributed by atoms with van der Waals surface area (Å²) in [6.45, 7) is 0. The van der Waals surface area contributed by atoms with Gasteiger partial charge in [0.25, 0.3) is 0 Å². The smallest absolute Gasteiger partial charge is 0.240 e. The first-order valence-corrected chi connectivity index (χ1v) is 6.29. The van der Waals surface area contributed by atoms with Crippen LogP contribution in [0.5, 0.6) is 0 Å². The van der Waals surface area contributed by atoms with Crippen molar-refractivity contribution in [3.05, 3.63) is 29.8 Å². The van der Waals surface area contributed by atoms with Crippen LogP contribution in [0.2, 0.25) is 0 Å². The first kappa shape index (κ1) is 10.6. The molecule has 0 atom stereocenters. The van der Waals surface area contributed by atoms with Crippen LogP contribution >= 0.6 is 0 Å². The second-order valence-corrected chi connectivity index (χ2v) is 5.78. The van der Waals surface area contributed by atoms with Gasteiger partial charge in [-0.05, 0) is 37.6 Å². The molecule has 0 aliphatic heterocycles. The number of rotatable bonds is 3. The maximum absolute atomic E-state index is 11.5. The molecule has 1 saturated carbocycles. The van der Waals surface area contributed by atoms with Crippen LogP contribution in [0.3, 0.4) is 0 Å². The van der Waals surface area contributed by atoms with Crippen molar-refractivity contribution in [1.82, 2.24) is 4.72 Å². The van der Waals surface area contributed by atoms with Crippen molar-refractivity contribution in [2.45, 2.75) is 23.3 Å². The lowest BCUT2D eigenvalue weighted by Crippen LogP contribution is -2.21. The maximum atomic E-state index is 11.5. The van der Waals surface area contributed by atoms with Gasteiger partial charge in [0.1, 0.15) is 0 Å². The zero-order valence-electron chi connectivity index (χ0n) is 8.53. The fourth-order valence-corrected chi connectivity index (χ4v) is 2.29. The van der Waals surface area contributed by atoms with E-state index in [-0.39, 0.29) is 10.4 Å². The molecule has 0 aromatic heterocycles. The van der Waals surface area contributed by atoms with Crippen molar-refractivity contribution < 1.29 is 8.42 Å².